The van der Waals surface area contributed by atoms with E-state index in [2.05, 4.69) is 20.9 Å². The van der Waals surface area contributed by atoms with Gasteiger partial charge in [-0.1, -0.05) is 11.3 Å². The van der Waals surface area contributed by atoms with E-state index in [0.717, 1.165) is 11.3 Å². The Morgan fingerprint density at radius 3 is 2.56 bits per heavy atom. The van der Waals surface area contributed by atoms with Gasteiger partial charge in [-0.25, -0.2) is 14.2 Å². The molecule has 0 fully saturated rings. The maximum absolute atomic E-state index is 12.7. The van der Waals surface area contributed by atoms with Gasteiger partial charge in [-0.05, 0) is 40.2 Å². The molecule has 1 heterocycles. The van der Waals surface area contributed by atoms with E-state index in [1.54, 1.807) is 0 Å². The second-order valence-electron chi connectivity index (χ2n) is 2.96. The first-order valence-electron chi connectivity index (χ1n) is 4.23. The minimum Gasteiger partial charge on any atom is -0.477 e. The highest BCUT2D eigenvalue weighted by molar-refractivity contribution is 9.11. The van der Waals surface area contributed by atoms with Gasteiger partial charge in [-0.15, -0.1) is 0 Å². The van der Waals surface area contributed by atoms with Gasteiger partial charge in [-0.2, -0.15) is 0 Å². The number of thiazole rings is 1. The zero-order valence-corrected chi connectivity index (χ0v) is 10.2. The summed E-state index contributed by atoms with van der Waals surface area (Å²) in [6.45, 7) is 0. The lowest BCUT2D eigenvalue weighted by Gasteiger charge is -1.98. The van der Waals surface area contributed by atoms with Crippen molar-refractivity contribution in [1.29, 1.82) is 0 Å². The second kappa shape index (κ2) is 4.31. The van der Waals surface area contributed by atoms with E-state index in [1.165, 1.54) is 24.3 Å². The van der Waals surface area contributed by atoms with E-state index >= 15 is 0 Å². The average molecular weight is 302 g/mol. The first-order chi connectivity index (χ1) is 7.58. The molecular weight excluding hydrogens is 297 g/mol. The molecule has 0 bridgehead atoms. The van der Waals surface area contributed by atoms with Crippen molar-refractivity contribution in [2.24, 2.45) is 0 Å². The number of halogens is 2. The Hall–Kier alpha value is -1.27. The Kier molecular flexibility index (Phi) is 3.02. The monoisotopic (exact) mass is 301 g/mol. The van der Waals surface area contributed by atoms with Gasteiger partial charge < -0.3 is 5.11 Å². The van der Waals surface area contributed by atoms with Gasteiger partial charge >= 0.3 is 5.97 Å². The predicted octanol–water partition coefficient (Wildman–Crippen LogP) is 3.41. The summed E-state index contributed by atoms with van der Waals surface area (Å²) in [7, 11) is 0. The predicted molar refractivity (Wildman–Crippen MR) is 62.2 cm³/mol. The Morgan fingerprint density at radius 2 is 2.00 bits per heavy atom. The first-order valence-corrected chi connectivity index (χ1v) is 5.84. The van der Waals surface area contributed by atoms with Gasteiger partial charge in [0.2, 0.25) is 0 Å². The molecule has 0 atom stereocenters. The van der Waals surface area contributed by atoms with Crippen molar-refractivity contribution in [3.63, 3.8) is 0 Å². The molecule has 0 amide bonds. The molecule has 3 nitrogen and oxygen atoms in total. The summed E-state index contributed by atoms with van der Waals surface area (Å²) in [5.74, 6) is -1.41. The number of benzene rings is 1. The maximum Gasteiger partial charge on any atom is 0.348 e. The molecule has 1 aromatic carbocycles. The molecule has 16 heavy (non-hydrogen) atoms. The Morgan fingerprint density at radius 1 is 1.38 bits per heavy atom. The van der Waals surface area contributed by atoms with Gasteiger partial charge in [0.15, 0.2) is 3.92 Å². The summed E-state index contributed by atoms with van der Waals surface area (Å²) in [6, 6.07) is 5.55. The number of carboxylic acids is 1. The van der Waals surface area contributed by atoms with Crippen LogP contribution in [0.4, 0.5) is 4.39 Å². The molecule has 0 radical (unpaired) electrons. The van der Waals surface area contributed by atoms with Crippen LogP contribution in [-0.2, 0) is 0 Å². The third kappa shape index (κ3) is 2.12. The molecular formula is C10H5BrFNO2S. The quantitative estimate of drug-likeness (QED) is 0.925. The van der Waals surface area contributed by atoms with Crippen LogP contribution >= 0.6 is 27.3 Å². The van der Waals surface area contributed by atoms with Crippen molar-refractivity contribution < 1.29 is 14.3 Å². The largest absolute Gasteiger partial charge is 0.477 e. The van der Waals surface area contributed by atoms with Gasteiger partial charge in [0, 0.05) is 5.56 Å². The molecule has 0 aliphatic heterocycles. The number of carbonyl (C=O) groups is 1. The molecule has 0 saturated heterocycles. The number of rotatable bonds is 2. The highest BCUT2D eigenvalue weighted by Crippen LogP contribution is 2.31. The zero-order chi connectivity index (χ0) is 11.7. The molecule has 2 rings (SSSR count). The van der Waals surface area contributed by atoms with E-state index < -0.39 is 5.97 Å². The molecule has 0 unspecified atom stereocenters. The topological polar surface area (TPSA) is 50.2 Å². The van der Waals surface area contributed by atoms with Crippen molar-refractivity contribution in [3.8, 4) is 11.3 Å². The van der Waals surface area contributed by atoms with E-state index in [1.807, 2.05) is 0 Å². The third-order valence-corrected chi connectivity index (χ3v) is 3.41. The normalized spacial score (nSPS) is 10.4. The van der Waals surface area contributed by atoms with Crippen molar-refractivity contribution in [2.75, 3.05) is 0 Å². The van der Waals surface area contributed by atoms with Crippen LogP contribution in [0.5, 0.6) is 0 Å². The fourth-order valence-electron chi connectivity index (χ4n) is 1.24. The standard InChI is InChI=1S/C10H5BrFNO2S/c11-10-13-7(8(16-10)9(14)15)5-1-3-6(12)4-2-5/h1-4H,(H,14,15). The van der Waals surface area contributed by atoms with Crippen molar-refractivity contribution in [2.45, 2.75) is 0 Å². The number of carboxylic acid groups (broad SMARTS) is 1. The van der Waals surface area contributed by atoms with Crippen molar-refractivity contribution in [3.05, 3.63) is 38.9 Å². The van der Waals surface area contributed by atoms with Crippen LogP contribution in [0.2, 0.25) is 0 Å². The number of nitrogens with zero attached hydrogens (tertiary/aromatic N) is 1. The van der Waals surface area contributed by atoms with Crippen molar-refractivity contribution in [1.82, 2.24) is 4.98 Å². The zero-order valence-electron chi connectivity index (χ0n) is 7.78. The summed E-state index contributed by atoms with van der Waals surface area (Å²) >= 11 is 4.17. The highest BCUT2D eigenvalue weighted by atomic mass is 79.9. The summed E-state index contributed by atoms with van der Waals surface area (Å²) in [5, 5.41) is 8.97. The fraction of sp³-hybridized carbons (Fsp3) is 0. The van der Waals surface area contributed by atoms with E-state index in [-0.39, 0.29) is 10.7 Å². The number of hydrogen-bond acceptors (Lipinski definition) is 3. The minimum absolute atomic E-state index is 0.137. The second-order valence-corrected chi connectivity index (χ2v) is 5.23. The summed E-state index contributed by atoms with van der Waals surface area (Å²) in [4.78, 5) is 15.2. The molecule has 0 saturated carbocycles. The summed E-state index contributed by atoms with van der Waals surface area (Å²) < 4.78 is 13.2. The van der Waals surface area contributed by atoms with Gasteiger partial charge in [0.25, 0.3) is 0 Å². The molecule has 0 aliphatic rings. The molecule has 2 aromatic rings. The molecule has 6 heteroatoms. The number of hydrogen-bond donors (Lipinski definition) is 1. The number of aromatic nitrogens is 1. The van der Waals surface area contributed by atoms with E-state index in [9.17, 15) is 9.18 Å². The van der Waals surface area contributed by atoms with Crippen LogP contribution in [-0.4, -0.2) is 16.1 Å². The van der Waals surface area contributed by atoms with Crippen LogP contribution in [0.1, 0.15) is 9.67 Å². The van der Waals surface area contributed by atoms with Crippen LogP contribution in [0, 0.1) is 5.82 Å². The Labute approximate surface area is 103 Å². The van der Waals surface area contributed by atoms with Gasteiger partial charge in [-0.3, -0.25) is 0 Å². The molecule has 0 aliphatic carbocycles. The van der Waals surface area contributed by atoms with Crippen molar-refractivity contribution >= 4 is 33.2 Å². The summed E-state index contributed by atoms with van der Waals surface area (Å²) in [6.07, 6.45) is 0. The molecule has 1 N–H and O–H groups in total. The third-order valence-electron chi connectivity index (χ3n) is 1.91. The molecule has 82 valence electrons. The highest BCUT2D eigenvalue weighted by Gasteiger charge is 2.17. The van der Waals surface area contributed by atoms with E-state index in [0.29, 0.717) is 15.2 Å². The maximum atomic E-state index is 12.7. The fourth-order valence-corrected chi connectivity index (χ4v) is 2.56. The minimum atomic E-state index is -1.04. The van der Waals surface area contributed by atoms with Gasteiger partial charge in [0.1, 0.15) is 10.7 Å². The Bertz CT molecular complexity index is 538. The van der Waals surface area contributed by atoms with E-state index in [4.69, 9.17) is 5.11 Å². The average Bonchev–Trinajstić information content (AvgIpc) is 2.61. The SMILES string of the molecule is O=C(O)c1sc(Br)nc1-c1ccc(F)cc1. The lowest BCUT2D eigenvalue weighted by molar-refractivity contribution is 0.0702. The smallest absolute Gasteiger partial charge is 0.348 e. The lowest BCUT2D eigenvalue weighted by atomic mass is 10.1. The van der Waals surface area contributed by atoms with Crippen LogP contribution in [0.15, 0.2) is 28.2 Å². The summed E-state index contributed by atoms with van der Waals surface area (Å²) in [5.41, 5.74) is 0.935. The molecule has 0 spiro atoms. The number of aromatic carboxylic acids is 1. The van der Waals surface area contributed by atoms with Crippen LogP contribution in [0.25, 0.3) is 11.3 Å². The first kappa shape index (κ1) is 11.2. The Balaban J connectivity index is 2.55. The lowest BCUT2D eigenvalue weighted by Crippen LogP contribution is -1.95. The van der Waals surface area contributed by atoms with Crippen LogP contribution < -0.4 is 0 Å². The van der Waals surface area contributed by atoms with Gasteiger partial charge in [0.05, 0.1) is 5.69 Å². The van der Waals surface area contributed by atoms with Crippen LogP contribution in [0.3, 0.4) is 0 Å². The molecule has 1 aromatic heterocycles.